The summed E-state index contributed by atoms with van der Waals surface area (Å²) in [7, 11) is 4.51. The molecule has 110 valence electrons. The Labute approximate surface area is 121 Å². The number of carbonyl (C=O) groups excluding carboxylic acids is 1. The summed E-state index contributed by atoms with van der Waals surface area (Å²) < 4.78 is 15.5. The Kier molecular flexibility index (Phi) is 4.27. The quantitative estimate of drug-likeness (QED) is 0.926. The Morgan fingerprint density at radius 1 is 1.14 bits per heavy atom. The van der Waals surface area contributed by atoms with Gasteiger partial charge in [-0.1, -0.05) is 6.07 Å². The maximum Gasteiger partial charge on any atom is 0.286 e. The van der Waals surface area contributed by atoms with E-state index in [1.807, 2.05) is 0 Å². The summed E-state index contributed by atoms with van der Waals surface area (Å²) in [4.78, 5) is 23.5. The van der Waals surface area contributed by atoms with Crippen LogP contribution in [0.2, 0.25) is 0 Å². The van der Waals surface area contributed by atoms with E-state index in [1.54, 1.807) is 18.2 Å². The summed E-state index contributed by atoms with van der Waals surface area (Å²) in [6, 6.07) is 6.24. The summed E-state index contributed by atoms with van der Waals surface area (Å²) in [5.41, 5.74) is 0.639. The first-order valence-electron chi connectivity index (χ1n) is 6.18. The van der Waals surface area contributed by atoms with Gasteiger partial charge in [0.15, 0.2) is 22.7 Å². The number of hydrogen-bond acceptors (Lipinski definition) is 5. The minimum Gasteiger partial charge on any atom is -0.493 e. The van der Waals surface area contributed by atoms with Gasteiger partial charge in [0.05, 0.1) is 19.8 Å². The van der Waals surface area contributed by atoms with Gasteiger partial charge < -0.3 is 19.2 Å². The number of amides is 1. The Balaban J connectivity index is 2.47. The van der Waals surface area contributed by atoms with Gasteiger partial charge in [0.25, 0.3) is 5.91 Å². The third kappa shape index (κ3) is 2.89. The van der Waals surface area contributed by atoms with Gasteiger partial charge in [-0.25, -0.2) is 0 Å². The zero-order valence-electron chi connectivity index (χ0n) is 11.9. The van der Waals surface area contributed by atoms with Crippen LogP contribution in [0.1, 0.15) is 10.6 Å². The van der Waals surface area contributed by atoms with Gasteiger partial charge in [0, 0.05) is 13.1 Å². The van der Waals surface area contributed by atoms with E-state index in [-0.39, 0.29) is 11.2 Å². The molecule has 0 radical (unpaired) electrons. The van der Waals surface area contributed by atoms with Crippen LogP contribution >= 0.6 is 0 Å². The van der Waals surface area contributed by atoms with Crippen molar-refractivity contribution >= 4 is 5.91 Å². The predicted molar refractivity (Wildman–Crippen MR) is 76.9 cm³/mol. The lowest BCUT2D eigenvalue weighted by Crippen LogP contribution is -2.19. The van der Waals surface area contributed by atoms with Crippen LogP contribution < -0.4 is 20.2 Å². The third-order valence-corrected chi connectivity index (χ3v) is 2.98. The first kappa shape index (κ1) is 14.6. The van der Waals surface area contributed by atoms with Crippen LogP contribution in [0.3, 0.4) is 0 Å². The molecule has 0 atom stereocenters. The highest BCUT2D eigenvalue weighted by atomic mass is 16.5. The van der Waals surface area contributed by atoms with Crippen molar-refractivity contribution in [1.82, 2.24) is 5.32 Å². The Morgan fingerprint density at radius 3 is 2.43 bits per heavy atom. The molecule has 1 N–H and O–H groups in total. The van der Waals surface area contributed by atoms with E-state index < -0.39 is 5.91 Å². The molecule has 0 unspecified atom stereocenters. The average molecular weight is 289 g/mol. The smallest absolute Gasteiger partial charge is 0.286 e. The highest BCUT2D eigenvalue weighted by Crippen LogP contribution is 2.31. The molecular weight excluding hydrogens is 274 g/mol. The Bertz CT molecular complexity index is 720. The summed E-state index contributed by atoms with van der Waals surface area (Å²) in [6.45, 7) is 0. The zero-order chi connectivity index (χ0) is 15.4. The molecule has 0 fully saturated rings. The van der Waals surface area contributed by atoms with E-state index in [9.17, 15) is 9.59 Å². The van der Waals surface area contributed by atoms with E-state index in [0.29, 0.717) is 22.6 Å². The molecule has 1 aromatic heterocycles. The third-order valence-electron chi connectivity index (χ3n) is 2.98. The lowest BCUT2D eigenvalue weighted by atomic mass is 10.1. The number of ether oxygens (including phenoxy) is 2. The number of hydrogen-bond donors (Lipinski definition) is 1. The van der Waals surface area contributed by atoms with E-state index in [2.05, 4.69) is 5.32 Å². The van der Waals surface area contributed by atoms with Crippen LogP contribution in [0.15, 0.2) is 39.7 Å². The van der Waals surface area contributed by atoms with Gasteiger partial charge in [0.2, 0.25) is 0 Å². The number of methoxy groups -OCH3 is 2. The van der Waals surface area contributed by atoms with Crippen molar-refractivity contribution in [3.8, 4) is 22.6 Å². The maximum absolute atomic E-state index is 12.1. The maximum atomic E-state index is 12.1. The van der Waals surface area contributed by atoms with Gasteiger partial charge >= 0.3 is 0 Å². The molecule has 0 saturated heterocycles. The normalized spacial score (nSPS) is 10.0. The van der Waals surface area contributed by atoms with E-state index >= 15 is 0 Å². The van der Waals surface area contributed by atoms with Gasteiger partial charge in [-0.2, -0.15) is 0 Å². The second-order valence-electron chi connectivity index (χ2n) is 4.17. The van der Waals surface area contributed by atoms with E-state index in [4.69, 9.17) is 13.9 Å². The van der Waals surface area contributed by atoms with E-state index in [0.717, 1.165) is 6.07 Å². The van der Waals surface area contributed by atoms with Crippen molar-refractivity contribution in [2.24, 2.45) is 0 Å². The Hall–Kier alpha value is -2.76. The number of benzene rings is 1. The van der Waals surface area contributed by atoms with Crippen LogP contribution in [0, 0.1) is 0 Å². The molecule has 21 heavy (non-hydrogen) atoms. The monoisotopic (exact) mass is 289 g/mol. The topological polar surface area (TPSA) is 77.8 Å². The SMILES string of the molecule is CNC(=O)c1cc(=O)c(-c2ccc(OC)c(OC)c2)co1. The van der Waals surface area contributed by atoms with Gasteiger partial charge in [-0.05, 0) is 17.7 Å². The molecule has 1 aromatic carbocycles. The largest absolute Gasteiger partial charge is 0.493 e. The van der Waals surface area contributed by atoms with Crippen LogP contribution in [-0.4, -0.2) is 27.2 Å². The standard InChI is InChI=1S/C15H15NO5/c1-16-15(18)14-7-11(17)10(8-21-14)9-4-5-12(19-2)13(6-9)20-3/h4-8H,1-3H3,(H,16,18). The minimum absolute atomic E-state index is 0.0354. The summed E-state index contributed by atoms with van der Waals surface area (Å²) in [5, 5.41) is 2.39. The molecular formula is C15H15NO5. The molecule has 0 bridgehead atoms. The molecule has 6 heteroatoms. The van der Waals surface area contributed by atoms with Crippen molar-refractivity contribution < 1.29 is 18.7 Å². The molecule has 1 heterocycles. The summed E-state index contributed by atoms with van der Waals surface area (Å²) in [5.74, 6) is 0.579. The Morgan fingerprint density at radius 2 is 1.86 bits per heavy atom. The average Bonchev–Trinajstić information content (AvgIpc) is 2.53. The van der Waals surface area contributed by atoms with Crippen LogP contribution in [-0.2, 0) is 0 Å². The molecule has 6 nitrogen and oxygen atoms in total. The van der Waals surface area contributed by atoms with Crippen LogP contribution in [0.25, 0.3) is 11.1 Å². The number of rotatable bonds is 4. The molecule has 1 amide bonds. The van der Waals surface area contributed by atoms with Crippen molar-refractivity contribution in [1.29, 1.82) is 0 Å². The molecule has 0 aliphatic rings. The van der Waals surface area contributed by atoms with Crippen LogP contribution in [0.5, 0.6) is 11.5 Å². The zero-order valence-corrected chi connectivity index (χ0v) is 11.9. The second kappa shape index (κ2) is 6.13. The fraction of sp³-hybridized carbons (Fsp3) is 0.200. The molecule has 2 rings (SSSR count). The fourth-order valence-electron chi connectivity index (χ4n) is 1.87. The van der Waals surface area contributed by atoms with Gasteiger partial charge in [0.1, 0.15) is 6.26 Å². The van der Waals surface area contributed by atoms with Crippen molar-refractivity contribution in [3.63, 3.8) is 0 Å². The van der Waals surface area contributed by atoms with E-state index in [1.165, 1.54) is 27.5 Å². The first-order valence-corrected chi connectivity index (χ1v) is 6.18. The minimum atomic E-state index is -0.453. The lowest BCUT2D eigenvalue weighted by Gasteiger charge is -2.09. The lowest BCUT2D eigenvalue weighted by molar-refractivity contribution is 0.0933. The summed E-state index contributed by atoms with van der Waals surface area (Å²) in [6.07, 6.45) is 1.26. The number of carbonyl (C=O) groups is 1. The van der Waals surface area contributed by atoms with Gasteiger partial charge in [-0.3, -0.25) is 9.59 Å². The number of nitrogens with one attached hydrogen (secondary N) is 1. The van der Waals surface area contributed by atoms with Crippen molar-refractivity contribution in [2.45, 2.75) is 0 Å². The fourth-order valence-corrected chi connectivity index (χ4v) is 1.87. The summed E-state index contributed by atoms with van der Waals surface area (Å²) >= 11 is 0. The highest BCUT2D eigenvalue weighted by Gasteiger charge is 2.13. The molecule has 0 aliphatic carbocycles. The predicted octanol–water partition coefficient (Wildman–Crippen LogP) is 1.68. The highest BCUT2D eigenvalue weighted by molar-refractivity contribution is 5.91. The second-order valence-corrected chi connectivity index (χ2v) is 4.17. The van der Waals surface area contributed by atoms with Gasteiger partial charge in [-0.15, -0.1) is 0 Å². The molecule has 0 saturated carbocycles. The van der Waals surface area contributed by atoms with Crippen LogP contribution in [0.4, 0.5) is 0 Å². The van der Waals surface area contributed by atoms with Crippen molar-refractivity contribution in [3.05, 3.63) is 46.5 Å². The molecule has 2 aromatic rings. The molecule has 0 spiro atoms. The first-order chi connectivity index (χ1) is 10.1. The van der Waals surface area contributed by atoms with Crippen molar-refractivity contribution in [2.75, 3.05) is 21.3 Å². The molecule has 0 aliphatic heterocycles.